The van der Waals surface area contributed by atoms with Crippen molar-refractivity contribution in [1.82, 2.24) is 14.8 Å². The number of aryl methyl sites for hydroxylation is 2. The summed E-state index contributed by atoms with van der Waals surface area (Å²) in [6.07, 6.45) is 3.55. The molecule has 168 valence electrons. The largest absolute Gasteiger partial charge is 0.356 e. The summed E-state index contributed by atoms with van der Waals surface area (Å²) in [5, 5.41) is 7.34. The van der Waals surface area contributed by atoms with Crippen molar-refractivity contribution in [3.8, 4) is 11.1 Å². The quantitative estimate of drug-likeness (QED) is 0.623. The number of alkyl halides is 2. The molecule has 0 spiro atoms. The Bertz CT molecular complexity index is 1130. The van der Waals surface area contributed by atoms with Crippen molar-refractivity contribution in [3.05, 3.63) is 59.5 Å². The van der Waals surface area contributed by atoms with Crippen LogP contribution < -0.4 is 10.2 Å². The van der Waals surface area contributed by atoms with E-state index in [-0.39, 0.29) is 25.3 Å². The van der Waals surface area contributed by atoms with Crippen molar-refractivity contribution < 1.29 is 13.6 Å². The van der Waals surface area contributed by atoms with E-state index in [2.05, 4.69) is 15.4 Å². The number of rotatable bonds is 4. The summed E-state index contributed by atoms with van der Waals surface area (Å²) in [4.78, 5) is 19.9. The second kappa shape index (κ2) is 8.68. The molecule has 32 heavy (non-hydrogen) atoms. The van der Waals surface area contributed by atoms with Crippen LogP contribution in [0.3, 0.4) is 0 Å². The highest BCUT2D eigenvalue weighted by molar-refractivity contribution is 6.09. The molecule has 0 radical (unpaired) electrons. The van der Waals surface area contributed by atoms with Crippen LogP contribution in [-0.4, -0.2) is 39.7 Å². The molecule has 0 aliphatic carbocycles. The topological polar surface area (TPSA) is 63.1 Å². The minimum atomic E-state index is -2.69. The van der Waals surface area contributed by atoms with Crippen molar-refractivity contribution in [1.29, 1.82) is 0 Å². The Morgan fingerprint density at radius 1 is 1.09 bits per heavy atom. The summed E-state index contributed by atoms with van der Waals surface area (Å²) in [7, 11) is 1.84. The van der Waals surface area contributed by atoms with Crippen LogP contribution in [-0.2, 0) is 7.05 Å². The van der Waals surface area contributed by atoms with Gasteiger partial charge in [-0.25, -0.2) is 13.8 Å². The molecular formula is C24H27F2N5O. The summed E-state index contributed by atoms with van der Waals surface area (Å²) in [5.74, 6) is -2.56. The molecule has 3 heterocycles. The molecule has 1 saturated heterocycles. The number of aromatic nitrogens is 3. The van der Waals surface area contributed by atoms with Gasteiger partial charge < -0.3 is 10.2 Å². The van der Waals surface area contributed by atoms with E-state index in [4.69, 9.17) is 0 Å². The van der Waals surface area contributed by atoms with Crippen molar-refractivity contribution in [2.24, 2.45) is 7.05 Å². The van der Waals surface area contributed by atoms with Crippen LogP contribution in [0.1, 0.15) is 40.9 Å². The van der Waals surface area contributed by atoms with Crippen LogP contribution in [0, 0.1) is 13.8 Å². The summed E-state index contributed by atoms with van der Waals surface area (Å²) in [5.41, 5.74) is 4.33. The number of hydrogen-bond acceptors (Lipinski definition) is 4. The van der Waals surface area contributed by atoms with Crippen LogP contribution in [0.2, 0.25) is 0 Å². The van der Waals surface area contributed by atoms with Gasteiger partial charge in [0.2, 0.25) is 5.92 Å². The van der Waals surface area contributed by atoms with Gasteiger partial charge in [-0.3, -0.25) is 9.48 Å². The number of nitrogens with zero attached hydrogens (tertiary/aromatic N) is 4. The van der Waals surface area contributed by atoms with E-state index in [1.54, 1.807) is 10.9 Å². The minimum Gasteiger partial charge on any atom is -0.356 e. The van der Waals surface area contributed by atoms with Gasteiger partial charge in [0.1, 0.15) is 5.82 Å². The Balaban J connectivity index is 1.79. The van der Waals surface area contributed by atoms with Gasteiger partial charge in [0.15, 0.2) is 0 Å². The van der Waals surface area contributed by atoms with Gasteiger partial charge in [0, 0.05) is 62.2 Å². The van der Waals surface area contributed by atoms with Crippen molar-refractivity contribution in [2.75, 3.05) is 23.3 Å². The van der Waals surface area contributed by atoms with Crippen LogP contribution in [0.15, 0.2) is 42.7 Å². The first kappa shape index (κ1) is 21.9. The standard InChI is InChI=1S/C24H27F2N5O/c1-16-19(20-15-30(3)29-17(20)2)14-27-22(31-12-7-10-24(25,26)11-13-31)21(16)23(32)28-18-8-5-4-6-9-18/h4-6,8-9,14-15H,7,10-13H2,1-3H3,(H,28,32). The predicted octanol–water partition coefficient (Wildman–Crippen LogP) is 4.98. The van der Waals surface area contributed by atoms with Crippen LogP contribution in [0.25, 0.3) is 11.1 Å². The molecular weight excluding hydrogens is 412 g/mol. The number of halogens is 2. The van der Waals surface area contributed by atoms with E-state index in [1.165, 1.54) is 0 Å². The average Bonchev–Trinajstić information content (AvgIpc) is 2.96. The predicted molar refractivity (Wildman–Crippen MR) is 121 cm³/mol. The summed E-state index contributed by atoms with van der Waals surface area (Å²) >= 11 is 0. The third-order valence-electron chi connectivity index (χ3n) is 5.90. The van der Waals surface area contributed by atoms with Crippen molar-refractivity contribution in [2.45, 2.75) is 39.0 Å². The first-order valence-corrected chi connectivity index (χ1v) is 10.7. The van der Waals surface area contributed by atoms with E-state index in [0.29, 0.717) is 30.0 Å². The van der Waals surface area contributed by atoms with E-state index < -0.39 is 5.92 Å². The first-order chi connectivity index (χ1) is 15.2. The number of amides is 1. The Hall–Kier alpha value is -3.29. The number of pyridine rings is 1. The summed E-state index contributed by atoms with van der Waals surface area (Å²) in [6, 6.07) is 9.17. The molecule has 0 saturated carbocycles. The van der Waals surface area contributed by atoms with Gasteiger partial charge in [0.05, 0.1) is 11.3 Å². The van der Waals surface area contributed by atoms with Gasteiger partial charge in [-0.05, 0) is 38.0 Å². The lowest BCUT2D eigenvalue weighted by molar-refractivity contribution is -0.0102. The van der Waals surface area contributed by atoms with Crippen LogP contribution in [0.4, 0.5) is 20.3 Å². The average molecular weight is 440 g/mol. The normalized spacial score (nSPS) is 16.0. The molecule has 0 atom stereocenters. The summed E-state index contributed by atoms with van der Waals surface area (Å²) < 4.78 is 29.7. The van der Waals surface area contributed by atoms with Gasteiger partial charge in [-0.2, -0.15) is 5.10 Å². The number of nitrogens with one attached hydrogen (secondary N) is 1. The highest BCUT2D eigenvalue weighted by atomic mass is 19.3. The number of carbonyl (C=O) groups is 1. The maximum absolute atomic E-state index is 14.0. The third-order valence-corrected chi connectivity index (χ3v) is 5.90. The molecule has 4 rings (SSSR count). The Morgan fingerprint density at radius 2 is 1.84 bits per heavy atom. The van der Waals surface area contributed by atoms with Crippen molar-refractivity contribution >= 4 is 17.4 Å². The lowest BCUT2D eigenvalue weighted by Gasteiger charge is -2.26. The Labute approximate surface area is 186 Å². The molecule has 6 nitrogen and oxygen atoms in total. The highest BCUT2D eigenvalue weighted by Gasteiger charge is 2.33. The Kier molecular flexibility index (Phi) is 5.95. The molecule has 2 aromatic heterocycles. The number of anilines is 2. The molecule has 3 aromatic rings. The highest BCUT2D eigenvalue weighted by Crippen LogP contribution is 2.35. The molecule has 1 amide bonds. The van der Waals surface area contributed by atoms with E-state index in [9.17, 15) is 13.6 Å². The molecule has 0 unspecified atom stereocenters. The van der Waals surface area contributed by atoms with E-state index in [0.717, 1.165) is 22.4 Å². The molecule has 1 aliphatic rings. The van der Waals surface area contributed by atoms with Crippen molar-refractivity contribution in [3.63, 3.8) is 0 Å². The fourth-order valence-corrected chi connectivity index (χ4v) is 4.23. The lowest BCUT2D eigenvalue weighted by Crippen LogP contribution is -2.30. The van der Waals surface area contributed by atoms with Crippen LogP contribution >= 0.6 is 0 Å². The smallest absolute Gasteiger partial charge is 0.259 e. The zero-order chi connectivity index (χ0) is 22.9. The van der Waals surface area contributed by atoms with Gasteiger partial charge in [-0.15, -0.1) is 0 Å². The maximum Gasteiger partial charge on any atom is 0.259 e. The fraction of sp³-hybridized carbons (Fsp3) is 0.375. The van der Waals surface area contributed by atoms with Gasteiger partial charge in [-0.1, -0.05) is 18.2 Å². The zero-order valence-corrected chi connectivity index (χ0v) is 18.5. The number of benzene rings is 1. The molecule has 1 fully saturated rings. The van der Waals surface area contributed by atoms with Crippen LogP contribution in [0.5, 0.6) is 0 Å². The zero-order valence-electron chi connectivity index (χ0n) is 18.5. The SMILES string of the molecule is Cc1nn(C)cc1-c1cnc(N2CCCC(F)(F)CC2)c(C(=O)Nc2ccccc2)c1C. The second-order valence-electron chi connectivity index (χ2n) is 8.31. The monoisotopic (exact) mass is 439 g/mol. The fourth-order valence-electron chi connectivity index (χ4n) is 4.23. The molecule has 1 N–H and O–H groups in total. The maximum atomic E-state index is 14.0. The first-order valence-electron chi connectivity index (χ1n) is 10.7. The summed E-state index contributed by atoms with van der Waals surface area (Å²) in [6.45, 7) is 4.36. The van der Waals surface area contributed by atoms with Gasteiger partial charge >= 0.3 is 0 Å². The molecule has 1 aliphatic heterocycles. The number of hydrogen-bond donors (Lipinski definition) is 1. The second-order valence-corrected chi connectivity index (χ2v) is 8.31. The number of carbonyl (C=O) groups excluding carboxylic acids is 1. The number of para-hydroxylation sites is 1. The minimum absolute atomic E-state index is 0.149. The van der Waals surface area contributed by atoms with Gasteiger partial charge in [0.25, 0.3) is 5.91 Å². The molecule has 0 bridgehead atoms. The molecule has 8 heteroatoms. The molecule has 1 aromatic carbocycles. The third kappa shape index (κ3) is 4.49. The Morgan fingerprint density at radius 3 is 2.53 bits per heavy atom. The van der Waals surface area contributed by atoms with E-state index in [1.807, 2.05) is 62.3 Å². The lowest BCUT2D eigenvalue weighted by atomic mass is 9.98. The van der Waals surface area contributed by atoms with E-state index >= 15 is 0 Å².